The van der Waals surface area contributed by atoms with Crippen molar-refractivity contribution < 1.29 is 15.0 Å². The zero-order valence-corrected chi connectivity index (χ0v) is 11.5. The number of aliphatic carboxylic acids is 1. The predicted octanol–water partition coefficient (Wildman–Crippen LogP) is 2.68. The molecule has 0 aromatic heterocycles. The summed E-state index contributed by atoms with van der Waals surface area (Å²) in [6, 6.07) is 0. The predicted molar refractivity (Wildman–Crippen MR) is 75.3 cm³/mol. The van der Waals surface area contributed by atoms with Gasteiger partial charge in [-0.3, -0.25) is 0 Å². The number of allylic oxidation sites excluding steroid dienone is 3. The number of carbonyl (C=O) groups is 1. The van der Waals surface area contributed by atoms with Gasteiger partial charge in [0.25, 0.3) is 0 Å². The first-order valence-corrected chi connectivity index (χ1v) is 5.47. The molecular weight excluding hydrogens is 314 g/mol. The molecule has 0 bridgehead atoms. The van der Waals surface area contributed by atoms with Crippen molar-refractivity contribution in [1.82, 2.24) is 0 Å². The molecule has 2 N–H and O–H groups in total. The zero-order valence-electron chi connectivity index (χ0n) is 9.25. The van der Waals surface area contributed by atoms with E-state index >= 15 is 0 Å². The molecule has 96 valence electrons. The summed E-state index contributed by atoms with van der Waals surface area (Å²) in [7, 11) is 0. The van der Waals surface area contributed by atoms with Gasteiger partial charge >= 0.3 is 57.4 Å². The molecule has 0 spiro atoms. The van der Waals surface area contributed by atoms with Crippen LogP contribution < -0.4 is 0 Å². The summed E-state index contributed by atoms with van der Waals surface area (Å²) in [5.41, 5.74) is -1.27. The summed E-state index contributed by atoms with van der Waals surface area (Å²) in [6.45, 7) is 4.69. The van der Waals surface area contributed by atoms with Crippen molar-refractivity contribution in [3.05, 3.63) is 24.3 Å². The Morgan fingerprint density at radius 2 is 1.53 bits per heavy atom. The van der Waals surface area contributed by atoms with Gasteiger partial charge in [-0.25, -0.2) is 4.79 Å². The molecule has 0 heterocycles. The first-order chi connectivity index (χ1) is 7.02. The van der Waals surface area contributed by atoms with Gasteiger partial charge in [-0.15, -0.1) is 0 Å². The molecule has 17 heavy (non-hydrogen) atoms. The van der Waals surface area contributed by atoms with Gasteiger partial charge in [-0.1, -0.05) is 53.0 Å². The molecule has 0 aromatic carbocycles. The number of carboxylic acids is 1. The molecule has 0 saturated heterocycles. The Morgan fingerprint density at radius 1 is 1.18 bits per heavy atom. The fourth-order valence-corrected chi connectivity index (χ4v) is 0.249. The number of rotatable bonds is 2. The Bertz CT molecular complexity index is 253. The van der Waals surface area contributed by atoms with Crippen LogP contribution in [0.5, 0.6) is 0 Å². The molecule has 0 fully saturated rings. The molecule has 0 aliphatic rings. The van der Waals surface area contributed by atoms with Crippen LogP contribution in [0.2, 0.25) is 0 Å². The van der Waals surface area contributed by atoms with Gasteiger partial charge in [0.05, 0.1) is 0 Å². The number of alkyl halides is 3. The minimum atomic E-state index is -1.59. The molecule has 0 atom stereocenters. The number of carboxylic acid groups (broad SMARTS) is 1. The molecule has 0 amide bonds. The Balaban J connectivity index is -0.000000218. The van der Waals surface area contributed by atoms with E-state index in [0.717, 1.165) is 6.08 Å². The summed E-state index contributed by atoms with van der Waals surface area (Å²) in [6.07, 6.45) is 5.98. The Hall–Kier alpha value is 1.42. The third-order valence-electron chi connectivity index (χ3n) is 1.24. The molecule has 0 aromatic rings. The summed E-state index contributed by atoms with van der Waals surface area (Å²) in [5, 5.41) is 17.0. The Kier molecular flexibility index (Phi) is 15.6. The maximum atomic E-state index is 9.75. The van der Waals surface area contributed by atoms with Crippen molar-refractivity contribution in [3.63, 3.8) is 0 Å². The quantitative estimate of drug-likeness (QED) is 0.354. The van der Waals surface area contributed by atoms with E-state index in [1.165, 1.54) is 19.9 Å². The Labute approximate surface area is 159 Å². The van der Waals surface area contributed by atoms with Crippen LogP contribution >= 0.6 is 34.8 Å². The first-order valence-electron chi connectivity index (χ1n) is 4.33. The van der Waals surface area contributed by atoms with Crippen LogP contribution in [0.3, 0.4) is 0 Å². The Morgan fingerprint density at radius 3 is 1.71 bits per heavy atom. The molecule has 0 saturated carbocycles. The number of aliphatic hydroxyl groups is 1. The van der Waals surface area contributed by atoms with Crippen molar-refractivity contribution in [2.24, 2.45) is 0 Å². The van der Waals surface area contributed by atoms with Gasteiger partial charge in [-0.2, -0.15) is 0 Å². The second kappa shape index (κ2) is 11.3. The SMILES string of the molecule is C/C=C/C=C/C(=O)O.CC(C)(O)C(Cl)(Cl)Cl.[KH]. The van der Waals surface area contributed by atoms with E-state index < -0.39 is 15.4 Å². The monoisotopic (exact) mass is 328 g/mol. The molecule has 0 aliphatic heterocycles. The minimum absolute atomic E-state index is 0. The fraction of sp³-hybridized carbons (Fsp3) is 0.500. The van der Waals surface area contributed by atoms with E-state index in [1.807, 2.05) is 6.92 Å². The maximum absolute atomic E-state index is 9.75. The van der Waals surface area contributed by atoms with E-state index in [2.05, 4.69) is 0 Å². The summed E-state index contributed by atoms with van der Waals surface area (Å²) >= 11 is 15.9. The van der Waals surface area contributed by atoms with Crippen LogP contribution in [0, 0.1) is 0 Å². The van der Waals surface area contributed by atoms with Crippen LogP contribution in [0.25, 0.3) is 0 Å². The van der Waals surface area contributed by atoms with Gasteiger partial charge in [0, 0.05) is 6.08 Å². The molecule has 7 heteroatoms. The van der Waals surface area contributed by atoms with Gasteiger partial charge in [-0.05, 0) is 20.8 Å². The molecule has 0 aliphatic carbocycles. The van der Waals surface area contributed by atoms with Crippen LogP contribution in [0.4, 0.5) is 0 Å². The third-order valence-corrected chi connectivity index (χ3v) is 2.62. The molecule has 0 radical (unpaired) electrons. The van der Waals surface area contributed by atoms with Gasteiger partial charge in [0.15, 0.2) is 0 Å². The fourth-order valence-electron chi connectivity index (χ4n) is 0.249. The standard InChI is InChI=1S/C6H8O2.C4H7Cl3O.K.H/c1-2-3-4-5-6(7)8;1-3(2,8)4(5,6)7;;/h2-5H,1H3,(H,7,8);8H,1-2H3;;/b3-2+,5-4+;;;. The van der Waals surface area contributed by atoms with Crippen molar-refractivity contribution in [2.75, 3.05) is 0 Å². The topological polar surface area (TPSA) is 57.5 Å². The molecule has 0 unspecified atom stereocenters. The van der Waals surface area contributed by atoms with Crippen molar-refractivity contribution >= 4 is 92.2 Å². The van der Waals surface area contributed by atoms with Crippen LogP contribution in [-0.2, 0) is 4.79 Å². The average molecular weight is 330 g/mol. The van der Waals surface area contributed by atoms with Gasteiger partial charge < -0.3 is 10.2 Å². The van der Waals surface area contributed by atoms with Gasteiger partial charge in [0.1, 0.15) is 5.60 Å². The molecular formula is C10H16Cl3KO3. The number of hydrogen-bond donors (Lipinski definition) is 2. The number of hydrogen-bond acceptors (Lipinski definition) is 2. The second-order valence-corrected chi connectivity index (χ2v) is 5.56. The van der Waals surface area contributed by atoms with Crippen molar-refractivity contribution in [2.45, 2.75) is 30.2 Å². The summed E-state index contributed by atoms with van der Waals surface area (Å²) < 4.78 is -1.59. The van der Waals surface area contributed by atoms with Crippen LogP contribution in [-0.4, -0.2) is 77.0 Å². The van der Waals surface area contributed by atoms with Crippen LogP contribution in [0.1, 0.15) is 20.8 Å². The van der Waals surface area contributed by atoms with Crippen LogP contribution in [0.15, 0.2) is 24.3 Å². The molecule has 0 rings (SSSR count). The van der Waals surface area contributed by atoms with E-state index in [-0.39, 0.29) is 51.4 Å². The van der Waals surface area contributed by atoms with Crippen molar-refractivity contribution in [3.8, 4) is 0 Å². The van der Waals surface area contributed by atoms with Crippen molar-refractivity contribution in [1.29, 1.82) is 0 Å². The van der Waals surface area contributed by atoms with E-state index in [9.17, 15) is 4.79 Å². The van der Waals surface area contributed by atoms with Gasteiger partial charge in [0.2, 0.25) is 3.79 Å². The number of halogens is 3. The second-order valence-electron chi connectivity index (χ2n) is 3.28. The third kappa shape index (κ3) is 17.4. The summed E-state index contributed by atoms with van der Waals surface area (Å²) in [4.78, 5) is 9.75. The normalized spacial score (nSPS) is 11.9. The molecule has 3 nitrogen and oxygen atoms in total. The first kappa shape index (κ1) is 23.5. The van der Waals surface area contributed by atoms with E-state index in [1.54, 1.807) is 12.2 Å². The average Bonchev–Trinajstić information content (AvgIpc) is 2.01. The van der Waals surface area contributed by atoms with E-state index in [0.29, 0.717) is 0 Å². The zero-order chi connectivity index (χ0) is 13.4. The summed E-state index contributed by atoms with van der Waals surface area (Å²) in [5.74, 6) is -0.914. The van der Waals surface area contributed by atoms with E-state index in [4.69, 9.17) is 45.0 Å².